The fourth-order valence-corrected chi connectivity index (χ4v) is 3.50. The second-order valence-electron chi connectivity index (χ2n) is 7.39. The van der Waals surface area contributed by atoms with Gasteiger partial charge < -0.3 is 16.0 Å². The van der Waals surface area contributed by atoms with E-state index >= 15 is 0 Å². The zero-order valence-electron chi connectivity index (χ0n) is 17.6. The average Bonchev–Trinajstić information content (AvgIpc) is 2.78. The maximum absolute atomic E-state index is 13.0. The number of hydrogen-bond acceptors (Lipinski definition) is 3. The molecule has 2 amide bonds. The van der Waals surface area contributed by atoms with Gasteiger partial charge in [0.25, 0.3) is 5.91 Å². The van der Waals surface area contributed by atoms with Gasteiger partial charge in [0.2, 0.25) is 0 Å². The number of aryl methyl sites for hydroxylation is 1. The summed E-state index contributed by atoms with van der Waals surface area (Å²) in [4.78, 5) is 25.3. The summed E-state index contributed by atoms with van der Waals surface area (Å²) >= 11 is 0. The minimum atomic E-state index is -4.96. The molecule has 1 heterocycles. The Morgan fingerprint density at radius 1 is 1.12 bits per heavy atom. The second-order valence-corrected chi connectivity index (χ2v) is 7.39. The third-order valence-electron chi connectivity index (χ3n) is 5.19. The summed E-state index contributed by atoms with van der Waals surface area (Å²) < 4.78 is 38.9. The van der Waals surface area contributed by atoms with Gasteiger partial charge in [0.15, 0.2) is 0 Å². The molecule has 168 valence electrons. The summed E-state index contributed by atoms with van der Waals surface area (Å²) in [6.45, 7) is 1.79. The molecule has 0 fully saturated rings. The molecule has 0 aliphatic carbocycles. The number of alkyl halides is 3. The molecular weight excluding hydrogens is 419 g/mol. The van der Waals surface area contributed by atoms with Crippen LogP contribution in [0.1, 0.15) is 30.9 Å². The molecule has 0 saturated carbocycles. The molecule has 3 rings (SSSR count). The number of hydrogen-bond donors (Lipinski definition) is 2. The molecule has 3 N–H and O–H groups in total. The number of benzene rings is 2. The van der Waals surface area contributed by atoms with E-state index in [1.165, 1.54) is 6.07 Å². The van der Waals surface area contributed by atoms with E-state index in [4.69, 9.17) is 5.73 Å². The van der Waals surface area contributed by atoms with Crippen LogP contribution < -0.4 is 16.0 Å². The van der Waals surface area contributed by atoms with Gasteiger partial charge in [0, 0.05) is 29.2 Å². The first kappa shape index (κ1) is 23.1. The monoisotopic (exact) mass is 443 g/mol. The number of nitrogens with two attached hydrogens (primary N) is 1. The van der Waals surface area contributed by atoms with E-state index in [1.54, 1.807) is 24.3 Å². The average molecular weight is 443 g/mol. The number of halogens is 3. The van der Waals surface area contributed by atoms with Gasteiger partial charge in [-0.2, -0.15) is 13.2 Å². The topological polar surface area (TPSA) is 75.4 Å². The van der Waals surface area contributed by atoms with Gasteiger partial charge in [-0.25, -0.2) is 0 Å². The lowest BCUT2D eigenvalue weighted by Crippen LogP contribution is -2.43. The van der Waals surface area contributed by atoms with Crippen LogP contribution in [0.2, 0.25) is 0 Å². The molecule has 0 radical (unpaired) electrons. The Bertz CT molecular complexity index is 1060. The van der Waals surface area contributed by atoms with Gasteiger partial charge in [-0.1, -0.05) is 49.4 Å². The van der Waals surface area contributed by atoms with Crippen LogP contribution in [0.15, 0.2) is 66.3 Å². The Kier molecular flexibility index (Phi) is 7.02. The summed E-state index contributed by atoms with van der Waals surface area (Å²) in [6, 6.07) is 14.0. The molecule has 0 atom stereocenters. The van der Waals surface area contributed by atoms with Crippen molar-refractivity contribution in [1.82, 2.24) is 0 Å². The SMILES string of the molecule is CC/C(=C\C=C(/N)c1ccccc1)C(=O)Nc1ccc2c(c1)N(C(=O)C(F)(F)F)CCC2. The maximum Gasteiger partial charge on any atom is 0.471 e. The number of nitrogens with zero attached hydrogens (tertiary/aromatic N) is 1. The first-order valence-electron chi connectivity index (χ1n) is 10.3. The molecule has 0 spiro atoms. The van der Waals surface area contributed by atoms with E-state index < -0.39 is 18.0 Å². The molecule has 1 aliphatic rings. The highest BCUT2D eigenvalue weighted by Crippen LogP contribution is 2.33. The summed E-state index contributed by atoms with van der Waals surface area (Å²) in [5, 5.41) is 2.71. The molecular formula is C24H24F3N3O2. The van der Waals surface area contributed by atoms with Crippen molar-refractivity contribution in [3.8, 4) is 0 Å². The molecule has 32 heavy (non-hydrogen) atoms. The first-order valence-corrected chi connectivity index (χ1v) is 10.3. The molecule has 0 saturated heterocycles. The maximum atomic E-state index is 13.0. The van der Waals surface area contributed by atoms with Crippen LogP contribution in [-0.4, -0.2) is 24.5 Å². The van der Waals surface area contributed by atoms with Gasteiger partial charge in [-0.15, -0.1) is 0 Å². The van der Waals surface area contributed by atoms with Crippen molar-refractivity contribution in [3.05, 3.63) is 77.4 Å². The second kappa shape index (κ2) is 9.72. The Balaban J connectivity index is 1.81. The van der Waals surface area contributed by atoms with Crippen molar-refractivity contribution < 1.29 is 22.8 Å². The van der Waals surface area contributed by atoms with E-state index in [9.17, 15) is 22.8 Å². The van der Waals surface area contributed by atoms with Crippen LogP contribution in [0, 0.1) is 0 Å². The lowest BCUT2D eigenvalue weighted by atomic mass is 10.0. The fraction of sp³-hybridized carbons (Fsp3) is 0.250. The third kappa shape index (κ3) is 5.38. The number of nitrogens with one attached hydrogen (secondary N) is 1. The Labute approximate surface area is 184 Å². The van der Waals surface area contributed by atoms with E-state index in [2.05, 4.69) is 5.32 Å². The fourth-order valence-electron chi connectivity index (χ4n) is 3.50. The molecule has 2 aromatic rings. The lowest BCUT2D eigenvalue weighted by Gasteiger charge is -2.30. The van der Waals surface area contributed by atoms with Crippen LogP contribution in [0.3, 0.4) is 0 Å². The zero-order valence-corrected chi connectivity index (χ0v) is 17.6. The summed E-state index contributed by atoms with van der Waals surface area (Å²) in [5.41, 5.74) is 8.96. The summed E-state index contributed by atoms with van der Waals surface area (Å²) in [6.07, 6.45) is -0.266. The van der Waals surface area contributed by atoms with Crippen molar-refractivity contribution in [2.24, 2.45) is 5.73 Å². The number of anilines is 2. The Morgan fingerprint density at radius 3 is 2.50 bits per heavy atom. The number of fused-ring (bicyclic) bond motifs is 1. The number of allylic oxidation sites excluding steroid dienone is 2. The van der Waals surface area contributed by atoms with E-state index in [1.807, 2.05) is 37.3 Å². The number of carbonyl (C=O) groups excluding carboxylic acids is 2. The van der Waals surface area contributed by atoms with Crippen LogP contribution in [0.5, 0.6) is 0 Å². The quantitative estimate of drug-likeness (QED) is 0.515. The highest BCUT2D eigenvalue weighted by molar-refractivity contribution is 6.05. The van der Waals surface area contributed by atoms with Crippen molar-refractivity contribution in [3.63, 3.8) is 0 Å². The van der Waals surface area contributed by atoms with Gasteiger partial charge in [-0.05, 0) is 48.6 Å². The standard InChI is InChI=1S/C24H24F3N3O2/c1-2-16(11-13-20(28)17-7-4-3-5-8-17)22(31)29-19-12-10-18-9-6-14-30(21(18)15-19)23(32)24(25,26)27/h3-5,7-8,10-13,15H,2,6,9,14,28H2,1H3,(H,29,31)/b16-11+,20-13-. The molecule has 0 unspecified atom stereocenters. The van der Waals surface area contributed by atoms with E-state index in [0.717, 1.165) is 10.5 Å². The van der Waals surface area contributed by atoms with Crippen LogP contribution in [-0.2, 0) is 16.0 Å². The third-order valence-corrected chi connectivity index (χ3v) is 5.19. The molecule has 1 aliphatic heterocycles. The minimum Gasteiger partial charge on any atom is -0.398 e. The lowest BCUT2D eigenvalue weighted by molar-refractivity contribution is -0.170. The minimum absolute atomic E-state index is 0.0214. The number of carbonyl (C=O) groups is 2. The van der Waals surface area contributed by atoms with Gasteiger partial charge in [-0.3, -0.25) is 9.59 Å². The van der Waals surface area contributed by atoms with Gasteiger partial charge in [0.05, 0.1) is 0 Å². The van der Waals surface area contributed by atoms with Crippen LogP contribution in [0.4, 0.5) is 24.5 Å². The molecule has 0 bridgehead atoms. The zero-order chi connectivity index (χ0) is 23.3. The van der Waals surface area contributed by atoms with Crippen LogP contribution in [0.25, 0.3) is 5.70 Å². The molecule has 8 heteroatoms. The van der Waals surface area contributed by atoms with Crippen LogP contribution >= 0.6 is 0 Å². The van der Waals surface area contributed by atoms with Crippen molar-refractivity contribution in [1.29, 1.82) is 0 Å². The predicted molar refractivity (Wildman–Crippen MR) is 119 cm³/mol. The largest absolute Gasteiger partial charge is 0.471 e. The number of amides is 2. The Morgan fingerprint density at radius 2 is 1.84 bits per heavy atom. The smallest absolute Gasteiger partial charge is 0.398 e. The first-order chi connectivity index (χ1) is 15.2. The van der Waals surface area contributed by atoms with E-state index in [-0.39, 0.29) is 12.2 Å². The normalized spacial score (nSPS) is 14.7. The Hall–Kier alpha value is -3.55. The van der Waals surface area contributed by atoms with Crippen molar-refractivity contribution >= 4 is 28.9 Å². The molecule has 5 nitrogen and oxygen atoms in total. The predicted octanol–water partition coefficient (Wildman–Crippen LogP) is 4.80. The highest BCUT2D eigenvalue weighted by Gasteiger charge is 2.44. The van der Waals surface area contributed by atoms with Crippen molar-refractivity contribution in [2.75, 3.05) is 16.8 Å². The highest BCUT2D eigenvalue weighted by atomic mass is 19.4. The molecule has 0 aromatic heterocycles. The van der Waals surface area contributed by atoms with Gasteiger partial charge in [0.1, 0.15) is 0 Å². The van der Waals surface area contributed by atoms with Gasteiger partial charge >= 0.3 is 12.1 Å². The summed E-state index contributed by atoms with van der Waals surface area (Å²) in [7, 11) is 0. The molecule has 2 aromatic carbocycles. The van der Waals surface area contributed by atoms with E-state index in [0.29, 0.717) is 41.8 Å². The number of rotatable bonds is 5. The summed E-state index contributed by atoms with van der Waals surface area (Å²) in [5.74, 6) is -2.30. The van der Waals surface area contributed by atoms with Crippen molar-refractivity contribution in [2.45, 2.75) is 32.4 Å².